The van der Waals surface area contributed by atoms with Crippen molar-refractivity contribution in [3.8, 4) is 6.07 Å². The molecule has 0 aromatic heterocycles. The Morgan fingerprint density at radius 2 is 1.86 bits per heavy atom. The van der Waals surface area contributed by atoms with Crippen molar-refractivity contribution >= 4 is 29.0 Å². The van der Waals surface area contributed by atoms with Gasteiger partial charge in [0.25, 0.3) is 11.6 Å². The third-order valence-corrected chi connectivity index (χ3v) is 4.88. The van der Waals surface area contributed by atoms with Crippen LogP contribution in [0, 0.1) is 28.4 Å². The van der Waals surface area contributed by atoms with Crippen LogP contribution in [0.15, 0.2) is 48.0 Å². The van der Waals surface area contributed by atoms with E-state index in [0.29, 0.717) is 16.9 Å². The number of amides is 1. The van der Waals surface area contributed by atoms with Gasteiger partial charge in [0.15, 0.2) is 0 Å². The first kappa shape index (κ1) is 20.1. The number of carbonyl (C=O) groups excluding carboxylic acids is 1. The summed E-state index contributed by atoms with van der Waals surface area (Å²) in [7, 11) is 0. The van der Waals surface area contributed by atoms with Gasteiger partial charge < -0.3 is 10.2 Å². The zero-order chi connectivity index (χ0) is 20.8. The van der Waals surface area contributed by atoms with E-state index in [2.05, 4.69) is 5.32 Å². The number of rotatable bonds is 5. The largest absolute Gasteiger partial charge is 0.366 e. The first-order chi connectivity index (χ1) is 14.0. The van der Waals surface area contributed by atoms with Crippen molar-refractivity contribution in [2.45, 2.75) is 26.2 Å². The molecule has 1 N–H and O–H groups in total. The van der Waals surface area contributed by atoms with Gasteiger partial charge >= 0.3 is 0 Å². The number of hydrogen-bond acceptors (Lipinski definition) is 5. The molecule has 0 spiro atoms. The van der Waals surface area contributed by atoms with E-state index in [1.54, 1.807) is 24.3 Å². The normalized spacial score (nSPS) is 14.2. The van der Waals surface area contributed by atoms with Gasteiger partial charge in [0.05, 0.1) is 4.92 Å². The lowest BCUT2D eigenvalue weighted by molar-refractivity contribution is -0.384. The van der Waals surface area contributed by atoms with Gasteiger partial charge in [0, 0.05) is 24.8 Å². The number of benzene rings is 2. The van der Waals surface area contributed by atoms with Crippen molar-refractivity contribution in [3.05, 3.63) is 69.3 Å². The summed E-state index contributed by atoms with van der Waals surface area (Å²) in [6.07, 6.45) is 4.52. The number of carbonyl (C=O) groups is 1. The van der Waals surface area contributed by atoms with E-state index in [-0.39, 0.29) is 11.3 Å². The van der Waals surface area contributed by atoms with Gasteiger partial charge in [-0.2, -0.15) is 5.26 Å². The highest BCUT2D eigenvalue weighted by Crippen LogP contribution is 2.32. The minimum Gasteiger partial charge on any atom is -0.366 e. The first-order valence-corrected chi connectivity index (χ1v) is 9.51. The summed E-state index contributed by atoms with van der Waals surface area (Å²) in [6, 6.07) is 13.9. The Morgan fingerprint density at radius 3 is 2.48 bits per heavy atom. The maximum atomic E-state index is 12.4. The number of anilines is 2. The molecule has 7 nitrogen and oxygen atoms in total. The van der Waals surface area contributed by atoms with Crippen molar-refractivity contribution in [2.75, 3.05) is 23.3 Å². The predicted octanol–water partition coefficient (Wildman–Crippen LogP) is 4.44. The molecule has 29 heavy (non-hydrogen) atoms. The summed E-state index contributed by atoms with van der Waals surface area (Å²) in [5.74, 6) is -0.556. The van der Waals surface area contributed by atoms with Crippen LogP contribution in [0.25, 0.3) is 6.08 Å². The van der Waals surface area contributed by atoms with Gasteiger partial charge in [-0.25, -0.2) is 0 Å². The molecule has 0 saturated carbocycles. The fourth-order valence-corrected chi connectivity index (χ4v) is 3.33. The third-order valence-electron chi connectivity index (χ3n) is 4.88. The number of piperidine rings is 1. The molecule has 0 radical (unpaired) electrons. The summed E-state index contributed by atoms with van der Waals surface area (Å²) in [6.45, 7) is 3.52. The van der Waals surface area contributed by atoms with Gasteiger partial charge in [-0.3, -0.25) is 14.9 Å². The number of nitro benzene ring substituents is 1. The number of nitro groups is 1. The number of nitrogens with one attached hydrogen (secondary N) is 1. The molecule has 1 aliphatic heterocycles. The van der Waals surface area contributed by atoms with Gasteiger partial charge in [-0.15, -0.1) is 0 Å². The molecular weight excluding hydrogens is 368 g/mol. The standard InChI is InChI=1S/C22H22N4O3/c1-16-5-8-19(9-6-16)24-22(27)18(15-23)13-17-7-10-20(21(14-17)26(28)29)25-11-3-2-4-12-25/h5-10,13-14H,2-4,11-12H2,1H3,(H,24,27)/b18-13+. The van der Waals surface area contributed by atoms with Crippen LogP contribution in [0.4, 0.5) is 17.1 Å². The van der Waals surface area contributed by atoms with E-state index in [0.717, 1.165) is 37.9 Å². The minimum absolute atomic E-state index is 0.0168. The summed E-state index contributed by atoms with van der Waals surface area (Å²) < 4.78 is 0. The fourth-order valence-electron chi connectivity index (χ4n) is 3.33. The second-order valence-electron chi connectivity index (χ2n) is 7.04. The first-order valence-electron chi connectivity index (χ1n) is 9.51. The Labute approximate surface area is 169 Å². The zero-order valence-electron chi connectivity index (χ0n) is 16.2. The predicted molar refractivity (Wildman–Crippen MR) is 113 cm³/mol. The fraction of sp³-hybridized carbons (Fsp3) is 0.273. The number of hydrogen-bond donors (Lipinski definition) is 1. The Bertz CT molecular complexity index is 984. The molecule has 0 bridgehead atoms. The van der Waals surface area contributed by atoms with E-state index in [4.69, 9.17) is 0 Å². The van der Waals surface area contributed by atoms with Crippen LogP contribution in [0.3, 0.4) is 0 Å². The van der Waals surface area contributed by atoms with Crippen LogP contribution < -0.4 is 10.2 Å². The molecule has 0 aliphatic carbocycles. The molecule has 1 saturated heterocycles. The summed E-state index contributed by atoms with van der Waals surface area (Å²) in [5.41, 5.74) is 2.51. The van der Waals surface area contributed by atoms with Crippen LogP contribution in [-0.4, -0.2) is 23.9 Å². The van der Waals surface area contributed by atoms with E-state index in [1.807, 2.05) is 30.0 Å². The number of nitriles is 1. The number of nitrogens with zero attached hydrogens (tertiary/aromatic N) is 3. The average Bonchev–Trinajstić information content (AvgIpc) is 2.74. The highest BCUT2D eigenvalue weighted by Gasteiger charge is 2.21. The van der Waals surface area contributed by atoms with Crippen molar-refractivity contribution in [1.29, 1.82) is 5.26 Å². The van der Waals surface area contributed by atoms with Crippen molar-refractivity contribution in [3.63, 3.8) is 0 Å². The van der Waals surface area contributed by atoms with Crippen molar-refractivity contribution < 1.29 is 9.72 Å². The molecular formula is C22H22N4O3. The van der Waals surface area contributed by atoms with Crippen LogP contribution in [0.2, 0.25) is 0 Å². The van der Waals surface area contributed by atoms with Crippen molar-refractivity contribution in [2.24, 2.45) is 0 Å². The lowest BCUT2D eigenvalue weighted by Crippen LogP contribution is -2.29. The topological polar surface area (TPSA) is 99.3 Å². The SMILES string of the molecule is Cc1ccc(NC(=O)/C(C#N)=C/c2ccc(N3CCCCC3)c([N+](=O)[O-])c2)cc1. The minimum atomic E-state index is -0.556. The molecule has 7 heteroatoms. The quantitative estimate of drug-likeness (QED) is 0.352. The summed E-state index contributed by atoms with van der Waals surface area (Å²) in [5, 5.41) is 23.7. The van der Waals surface area contributed by atoms with Gasteiger partial charge in [-0.1, -0.05) is 23.8 Å². The van der Waals surface area contributed by atoms with E-state index in [1.165, 1.54) is 12.1 Å². The van der Waals surface area contributed by atoms with Gasteiger partial charge in [-0.05, 0) is 56.0 Å². The monoisotopic (exact) mass is 390 g/mol. The van der Waals surface area contributed by atoms with E-state index < -0.39 is 10.8 Å². The second-order valence-corrected chi connectivity index (χ2v) is 7.04. The Balaban J connectivity index is 1.85. The molecule has 1 fully saturated rings. The van der Waals surface area contributed by atoms with Gasteiger partial charge in [0.2, 0.25) is 0 Å². The Morgan fingerprint density at radius 1 is 1.17 bits per heavy atom. The molecule has 148 valence electrons. The lowest BCUT2D eigenvalue weighted by Gasteiger charge is -2.28. The smallest absolute Gasteiger partial charge is 0.293 e. The van der Waals surface area contributed by atoms with Crippen LogP contribution in [0.5, 0.6) is 0 Å². The molecule has 1 heterocycles. The molecule has 0 atom stereocenters. The van der Waals surface area contributed by atoms with Crippen LogP contribution >= 0.6 is 0 Å². The molecule has 3 rings (SSSR count). The Kier molecular flexibility index (Phi) is 6.25. The highest BCUT2D eigenvalue weighted by molar-refractivity contribution is 6.09. The highest BCUT2D eigenvalue weighted by atomic mass is 16.6. The molecule has 1 aliphatic rings. The maximum Gasteiger partial charge on any atom is 0.293 e. The van der Waals surface area contributed by atoms with Gasteiger partial charge in [0.1, 0.15) is 17.3 Å². The van der Waals surface area contributed by atoms with Crippen LogP contribution in [-0.2, 0) is 4.79 Å². The molecule has 2 aromatic carbocycles. The van der Waals surface area contributed by atoms with Crippen LogP contribution in [0.1, 0.15) is 30.4 Å². The number of aryl methyl sites for hydroxylation is 1. The van der Waals surface area contributed by atoms with E-state index >= 15 is 0 Å². The van der Waals surface area contributed by atoms with E-state index in [9.17, 15) is 20.2 Å². The zero-order valence-corrected chi connectivity index (χ0v) is 16.2. The summed E-state index contributed by atoms with van der Waals surface area (Å²) >= 11 is 0. The maximum absolute atomic E-state index is 12.4. The lowest BCUT2D eigenvalue weighted by atomic mass is 10.1. The summed E-state index contributed by atoms with van der Waals surface area (Å²) in [4.78, 5) is 25.6. The third kappa shape index (κ3) is 4.99. The average molecular weight is 390 g/mol. The molecule has 0 unspecified atom stereocenters. The van der Waals surface area contributed by atoms with Crippen molar-refractivity contribution in [1.82, 2.24) is 0 Å². The Hall–Kier alpha value is -3.66. The molecule has 1 amide bonds. The second kappa shape index (κ2) is 9.02. The molecule has 2 aromatic rings.